The first kappa shape index (κ1) is 14.0. The van der Waals surface area contributed by atoms with Crippen LogP contribution in [0.1, 0.15) is 13.8 Å². The van der Waals surface area contributed by atoms with Crippen molar-refractivity contribution in [2.24, 2.45) is 5.92 Å². The van der Waals surface area contributed by atoms with E-state index in [-0.39, 0.29) is 18.1 Å². The van der Waals surface area contributed by atoms with Crippen molar-refractivity contribution in [3.05, 3.63) is 42.5 Å². The standard InChI is InChI=1S/C14H17NO3/c1-4-18-14(17)11(3)10(2)13(16)15-12-8-6-5-7-9-12/h5-10H,3-4H2,1-2H3,(H,15,16). The Balaban J connectivity index is 2.62. The van der Waals surface area contributed by atoms with Crippen molar-refractivity contribution in [3.8, 4) is 0 Å². The minimum Gasteiger partial charge on any atom is -0.463 e. The topological polar surface area (TPSA) is 55.4 Å². The second-order valence-electron chi connectivity index (χ2n) is 3.82. The van der Waals surface area contributed by atoms with E-state index in [1.54, 1.807) is 26.0 Å². The van der Waals surface area contributed by atoms with Crippen LogP contribution in [-0.4, -0.2) is 18.5 Å². The van der Waals surface area contributed by atoms with Gasteiger partial charge in [-0.1, -0.05) is 24.8 Å². The van der Waals surface area contributed by atoms with Crippen molar-refractivity contribution >= 4 is 17.6 Å². The Hall–Kier alpha value is -2.10. The highest BCUT2D eigenvalue weighted by Crippen LogP contribution is 2.14. The number of hydrogen-bond acceptors (Lipinski definition) is 3. The van der Waals surface area contributed by atoms with E-state index in [1.807, 2.05) is 18.2 Å². The molecular formula is C14H17NO3. The maximum atomic E-state index is 11.9. The minimum atomic E-state index is -0.621. The number of amides is 1. The van der Waals surface area contributed by atoms with Gasteiger partial charge in [-0.25, -0.2) is 4.79 Å². The first-order valence-corrected chi connectivity index (χ1v) is 5.78. The zero-order chi connectivity index (χ0) is 13.5. The molecule has 0 saturated carbocycles. The number of carbonyl (C=O) groups excluding carboxylic acids is 2. The number of anilines is 1. The molecule has 18 heavy (non-hydrogen) atoms. The van der Waals surface area contributed by atoms with Gasteiger partial charge in [-0.3, -0.25) is 4.79 Å². The van der Waals surface area contributed by atoms with E-state index >= 15 is 0 Å². The van der Waals surface area contributed by atoms with Crippen LogP contribution >= 0.6 is 0 Å². The molecule has 0 fully saturated rings. The second kappa shape index (κ2) is 6.59. The van der Waals surface area contributed by atoms with Crippen LogP contribution in [0.2, 0.25) is 0 Å². The molecule has 0 saturated heterocycles. The summed E-state index contributed by atoms with van der Waals surface area (Å²) in [5.74, 6) is -1.43. The Morgan fingerprint density at radius 1 is 1.33 bits per heavy atom. The molecule has 0 aromatic heterocycles. The van der Waals surface area contributed by atoms with E-state index in [9.17, 15) is 9.59 Å². The predicted molar refractivity (Wildman–Crippen MR) is 70.0 cm³/mol. The third kappa shape index (κ3) is 3.73. The summed E-state index contributed by atoms with van der Waals surface area (Å²) in [5, 5.41) is 2.71. The Morgan fingerprint density at radius 3 is 2.50 bits per heavy atom. The lowest BCUT2D eigenvalue weighted by Crippen LogP contribution is -2.25. The number of hydrogen-bond donors (Lipinski definition) is 1. The van der Waals surface area contributed by atoms with Crippen LogP contribution in [0.5, 0.6) is 0 Å². The lowest BCUT2D eigenvalue weighted by atomic mass is 10.0. The quantitative estimate of drug-likeness (QED) is 0.642. The number of benzene rings is 1. The van der Waals surface area contributed by atoms with Gasteiger partial charge in [0.1, 0.15) is 0 Å². The molecule has 1 unspecified atom stereocenters. The monoisotopic (exact) mass is 247 g/mol. The Kier molecular flexibility index (Phi) is 5.11. The third-order valence-corrected chi connectivity index (χ3v) is 2.49. The van der Waals surface area contributed by atoms with Crippen molar-refractivity contribution < 1.29 is 14.3 Å². The Bertz CT molecular complexity index is 440. The molecule has 0 aliphatic heterocycles. The summed E-state index contributed by atoms with van der Waals surface area (Å²) in [6.45, 7) is 7.20. The second-order valence-corrected chi connectivity index (χ2v) is 3.82. The van der Waals surface area contributed by atoms with Gasteiger partial charge in [-0.05, 0) is 26.0 Å². The summed E-state index contributed by atoms with van der Waals surface area (Å²) in [4.78, 5) is 23.3. The molecule has 0 radical (unpaired) electrons. The normalized spacial score (nSPS) is 11.4. The van der Waals surface area contributed by atoms with Gasteiger partial charge in [0.25, 0.3) is 0 Å². The third-order valence-electron chi connectivity index (χ3n) is 2.49. The van der Waals surface area contributed by atoms with Gasteiger partial charge >= 0.3 is 5.97 Å². The van der Waals surface area contributed by atoms with E-state index in [0.717, 1.165) is 0 Å². The van der Waals surface area contributed by atoms with Crippen LogP contribution in [0.3, 0.4) is 0 Å². The molecule has 0 bridgehead atoms. The average molecular weight is 247 g/mol. The largest absolute Gasteiger partial charge is 0.463 e. The molecule has 96 valence electrons. The molecule has 1 aromatic carbocycles. The van der Waals surface area contributed by atoms with E-state index in [4.69, 9.17) is 4.74 Å². The highest BCUT2D eigenvalue weighted by molar-refractivity contribution is 6.01. The molecule has 0 heterocycles. The van der Waals surface area contributed by atoms with Crippen molar-refractivity contribution in [2.75, 3.05) is 11.9 Å². The van der Waals surface area contributed by atoms with Gasteiger partial charge in [-0.15, -0.1) is 0 Å². The molecule has 4 heteroatoms. The van der Waals surface area contributed by atoms with Crippen LogP contribution in [0.4, 0.5) is 5.69 Å². The van der Waals surface area contributed by atoms with Gasteiger partial charge in [0, 0.05) is 11.3 Å². The van der Waals surface area contributed by atoms with E-state index < -0.39 is 11.9 Å². The summed E-state index contributed by atoms with van der Waals surface area (Å²) in [7, 11) is 0. The molecule has 0 aliphatic carbocycles. The van der Waals surface area contributed by atoms with Gasteiger partial charge in [0.05, 0.1) is 12.5 Å². The number of ether oxygens (including phenoxy) is 1. The van der Waals surface area contributed by atoms with Crippen molar-refractivity contribution in [2.45, 2.75) is 13.8 Å². The molecule has 0 aliphatic rings. The zero-order valence-corrected chi connectivity index (χ0v) is 10.6. The minimum absolute atomic E-state index is 0.158. The smallest absolute Gasteiger partial charge is 0.334 e. The zero-order valence-electron chi connectivity index (χ0n) is 10.6. The number of carbonyl (C=O) groups is 2. The molecule has 1 amide bonds. The van der Waals surface area contributed by atoms with Crippen molar-refractivity contribution in [1.29, 1.82) is 0 Å². The molecule has 4 nitrogen and oxygen atoms in total. The molecule has 1 rings (SSSR count). The molecular weight excluding hydrogens is 230 g/mol. The fourth-order valence-electron chi connectivity index (χ4n) is 1.33. The fourth-order valence-corrected chi connectivity index (χ4v) is 1.33. The predicted octanol–water partition coefficient (Wildman–Crippen LogP) is 2.38. The van der Waals surface area contributed by atoms with E-state index in [0.29, 0.717) is 5.69 Å². The lowest BCUT2D eigenvalue weighted by Gasteiger charge is -2.13. The maximum absolute atomic E-state index is 11.9. The Morgan fingerprint density at radius 2 is 1.94 bits per heavy atom. The highest BCUT2D eigenvalue weighted by atomic mass is 16.5. The summed E-state index contributed by atoms with van der Waals surface area (Å²) in [6, 6.07) is 9.05. The first-order chi connectivity index (χ1) is 8.56. The average Bonchev–Trinajstić information content (AvgIpc) is 2.38. The molecule has 1 aromatic rings. The number of nitrogens with one attached hydrogen (secondary N) is 1. The van der Waals surface area contributed by atoms with Crippen LogP contribution in [-0.2, 0) is 14.3 Å². The number of para-hydroxylation sites is 1. The lowest BCUT2D eigenvalue weighted by molar-refractivity contribution is -0.140. The molecule has 1 N–H and O–H groups in total. The van der Waals surface area contributed by atoms with Gasteiger partial charge < -0.3 is 10.1 Å². The van der Waals surface area contributed by atoms with Crippen molar-refractivity contribution in [1.82, 2.24) is 0 Å². The first-order valence-electron chi connectivity index (χ1n) is 5.78. The summed E-state index contributed by atoms with van der Waals surface area (Å²) >= 11 is 0. The number of rotatable bonds is 5. The van der Waals surface area contributed by atoms with Crippen LogP contribution in [0.25, 0.3) is 0 Å². The van der Waals surface area contributed by atoms with E-state index in [1.165, 1.54) is 0 Å². The maximum Gasteiger partial charge on any atom is 0.334 e. The fraction of sp³-hybridized carbons (Fsp3) is 0.286. The van der Waals surface area contributed by atoms with Crippen LogP contribution in [0, 0.1) is 5.92 Å². The van der Waals surface area contributed by atoms with Crippen LogP contribution < -0.4 is 5.32 Å². The summed E-state index contributed by atoms with van der Waals surface area (Å²) < 4.78 is 4.81. The Labute approximate surface area is 107 Å². The van der Waals surface area contributed by atoms with Crippen molar-refractivity contribution in [3.63, 3.8) is 0 Å². The van der Waals surface area contributed by atoms with Gasteiger partial charge in [0.2, 0.25) is 5.91 Å². The van der Waals surface area contributed by atoms with Gasteiger partial charge in [0.15, 0.2) is 0 Å². The molecule has 0 spiro atoms. The van der Waals surface area contributed by atoms with Gasteiger partial charge in [-0.2, -0.15) is 0 Å². The summed E-state index contributed by atoms with van der Waals surface area (Å²) in [6.07, 6.45) is 0. The SMILES string of the molecule is C=C(C(=O)OCC)C(C)C(=O)Nc1ccccc1. The van der Waals surface area contributed by atoms with E-state index in [2.05, 4.69) is 11.9 Å². The molecule has 1 atom stereocenters. The number of esters is 1. The van der Waals surface area contributed by atoms with Crippen LogP contribution in [0.15, 0.2) is 42.5 Å². The highest BCUT2D eigenvalue weighted by Gasteiger charge is 2.22. The summed E-state index contributed by atoms with van der Waals surface area (Å²) in [5.41, 5.74) is 0.844.